The van der Waals surface area contributed by atoms with Crippen molar-refractivity contribution in [3.05, 3.63) is 34.6 Å². The summed E-state index contributed by atoms with van der Waals surface area (Å²) in [6.07, 6.45) is -5.00. The largest absolute Gasteiger partial charge is 0.419 e. The smallest absolute Gasteiger partial charge is 0.294 e. The number of carbonyl (C=O) groups is 1. The van der Waals surface area contributed by atoms with Gasteiger partial charge in [-0.15, -0.1) is 0 Å². The molecule has 0 N–H and O–H groups in total. The van der Waals surface area contributed by atoms with E-state index in [1.807, 2.05) is 0 Å². The summed E-state index contributed by atoms with van der Waals surface area (Å²) in [6.45, 7) is 0.899. The molecule has 0 saturated carbocycles. The van der Waals surface area contributed by atoms with Gasteiger partial charge in [0, 0.05) is 5.56 Å². The van der Waals surface area contributed by atoms with Gasteiger partial charge in [0.1, 0.15) is 11.6 Å². The minimum Gasteiger partial charge on any atom is -0.294 e. The fourth-order valence-electron chi connectivity index (χ4n) is 1.23. The molecule has 0 atom stereocenters. The van der Waals surface area contributed by atoms with Crippen LogP contribution in [0.15, 0.2) is 12.1 Å². The molecule has 0 aliphatic rings. The Labute approximate surface area is 88.1 Å². The number of carbonyl (C=O) groups excluding carboxylic acids is 1. The Morgan fingerprint density at radius 2 is 1.94 bits per heavy atom. The molecule has 1 aromatic rings. The molecule has 0 spiro atoms. The third-order valence-electron chi connectivity index (χ3n) is 1.93. The molecule has 6 heteroatoms. The van der Waals surface area contributed by atoms with E-state index in [2.05, 4.69) is 0 Å². The van der Waals surface area contributed by atoms with Gasteiger partial charge in [-0.1, -0.05) is 0 Å². The number of nitrogens with zero attached hydrogens (tertiary/aromatic N) is 1. The number of nitriles is 1. The minimum absolute atomic E-state index is 0.739. The summed E-state index contributed by atoms with van der Waals surface area (Å²) in [5, 5.41) is 8.40. The summed E-state index contributed by atoms with van der Waals surface area (Å²) >= 11 is 0. The second-order valence-corrected chi connectivity index (χ2v) is 3.02. The van der Waals surface area contributed by atoms with Gasteiger partial charge in [0.2, 0.25) is 0 Å². The van der Waals surface area contributed by atoms with Gasteiger partial charge in [-0.3, -0.25) is 4.79 Å². The third kappa shape index (κ3) is 2.03. The van der Waals surface area contributed by atoms with Crippen molar-refractivity contribution >= 4 is 5.78 Å². The van der Waals surface area contributed by atoms with E-state index in [1.54, 1.807) is 0 Å². The monoisotopic (exact) mass is 231 g/mol. The summed E-state index contributed by atoms with van der Waals surface area (Å²) in [5.74, 6) is -2.61. The van der Waals surface area contributed by atoms with E-state index in [0.717, 1.165) is 19.1 Å². The van der Waals surface area contributed by atoms with Gasteiger partial charge in [-0.25, -0.2) is 4.39 Å². The molecule has 0 fully saturated rings. The first-order chi connectivity index (χ1) is 7.29. The maximum Gasteiger partial charge on any atom is 0.419 e. The van der Waals surface area contributed by atoms with E-state index >= 15 is 0 Å². The van der Waals surface area contributed by atoms with Crippen LogP contribution in [-0.4, -0.2) is 5.78 Å². The predicted octanol–water partition coefficient (Wildman–Crippen LogP) is 2.92. The van der Waals surface area contributed by atoms with E-state index in [-0.39, 0.29) is 0 Å². The number of benzene rings is 1. The number of hydrogen-bond donors (Lipinski definition) is 0. The van der Waals surface area contributed by atoms with Crippen molar-refractivity contribution in [1.29, 1.82) is 5.26 Å². The van der Waals surface area contributed by atoms with Crippen LogP contribution in [0.3, 0.4) is 0 Å². The Hall–Kier alpha value is -1.90. The fourth-order valence-corrected chi connectivity index (χ4v) is 1.23. The molecule has 0 aromatic heterocycles. The predicted molar refractivity (Wildman–Crippen MR) is 46.1 cm³/mol. The maximum atomic E-state index is 13.3. The molecular weight excluding hydrogens is 226 g/mol. The highest BCUT2D eigenvalue weighted by molar-refractivity contribution is 5.96. The number of rotatable bonds is 1. The highest BCUT2D eigenvalue weighted by Crippen LogP contribution is 2.35. The molecule has 84 valence electrons. The highest BCUT2D eigenvalue weighted by atomic mass is 19.4. The van der Waals surface area contributed by atoms with E-state index in [4.69, 9.17) is 5.26 Å². The molecule has 0 unspecified atom stereocenters. The quantitative estimate of drug-likeness (QED) is 0.550. The Morgan fingerprint density at radius 3 is 2.31 bits per heavy atom. The second kappa shape index (κ2) is 3.93. The lowest BCUT2D eigenvalue weighted by atomic mass is 10.0. The van der Waals surface area contributed by atoms with Gasteiger partial charge < -0.3 is 0 Å². The Bertz CT molecular complexity index is 485. The van der Waals surface area contributed by atoms with E-state index in [9.17, 15) is 22.4 Å². The molecule has 1 aromatic carbocycles. The number of hydrogen-bond acceptors (Lipinski definition) is 2. The summed E-state index contributed by atoms with van der Waals surface area (Å²) < 4.78 is 50.7. The lowest BCUT2D eigenvalue weighted by molar-refractivity contribution is -0.140. The summed E-state index contributed by atoms with van der Waals surface area (Å²) in [7, 11) is 0. The molecule has 2 nitrogen and oxygen atoms in total. The average Bonchev–Trinajstić information content (AvgIpc) is 2.14. The zero-order valence-electron chi connectivity index (χ0n) is 8.02. The fraction of sp³-hybridized carbons (Fsp3) is 0.200. The van der Waals surface area contributed by atoms with Gasteiger partial charge in [-0.2, -0.15) is 18.4 Å². The Morgan fingerprint density at radius 1 is 1.38 bits per heavy atom. The van der Waals surface area contributed by atoms with Gasteiger partial charge >= 0.3 is 6.18 Å². The first-order valence-corrected chi connectivity index (χ1v) is 4.09. The zero-order valence-corrected chi connectivity index (χ0v) is 8.02. The maximum absolute atomic E-state index is 13.3. The molecule has 0 heterocycles. The molecular formula is C10H5F4NO. The van der Waals surface area contributed by atoms with Crippen molar-refractivity contribution in [2.24, 2.45) is 0 Å². The van der Waals surface area contributed by atoms with Crippen LogP contribution in [0.25, 0.3) is 0 Å². The lowest BCUT2D eigenvalue weighted by Crippen LogP contribution is -2.15. The van der Waals surface area contributed by atoms with Crippen LogP contribution in [0.1, 0.15) is 28.4 Å². The first kappa shape index (κ1) is 12.2. The standard InChI is InChI=1S/C10H5F4NO/c1-5(16)7-3-2-6(4-15)9(11)8(7)10(12,13)14/h2-3H,1H3. The molecule has 0 radical (unpaired) electrons. The summed E-state index contributed by atoms with van der Waals surface area (Å²) in [5.41, 5.74) is -3.19. The van der Waals surface area contributed by atoms with Gasteiger partial charge in [-0.05, 0) is 19.1 Å². The SMILES string of the molecule is CC(=O)c1ccc(C#N)c(F)c1C(F)(F)F. The number of halogens is 4. The van der Waals surface area contributed by atoms with E-state index in [0.29, 0.717) is 0 Å². The molecule has 0 aliphatic carbocycles. The van der Waals surface area contributed by atoms with Crippen LogP contribution in [-0.2, 0) is 6.18 Å². The van der Waals surface area contributed by atoms with Gasteiger partial charge in [0.25, 0.3) is 0 Å². The molecule has 1 rings (SSSR count). The minimum atomic E-state index is -5.00. The number of ketones is 1. The van der Waals surface area contributed by atoms with Crippen molar-refractivity contribution in [3.63, 3.8) is 0 Å². The van der Waals surface area contributed by atoms with Crippen molar-refractivity contribution in [1.82, 2.24) is 0 Å². The van der Waals surface area contributed by atoms with Crippen molar-refractivity contribution in [3.8, 4) is 6.07 Å². The first-order valence-electron chi connectivity index (χ1n) is 4.09. The van der Waals surface area contributed by atoms with E-state index in [1.165, 1.54) is 6.07 Å². The molecule has 0 aliphatic heterocycles. The number of alkyl halides is 3. The van der Waals surface area contributed by atoms with Crippen LogP contribution >= 0.6 is 0 Å². The van der Waals surface area contributed by atoms with Crippen molar-refractivity contribution < 1.29 is 22.4 Å². The van der Waals surface area contributed by atoms with Gasteiger partial charge in [0.15, 0.2) is 11.6 Å². The lowest BCUT2D eigenvalue weighted by Gasteiger charge is -2.12. The third-order valence-corrected chi connectivity index (χ3v) is 1.93. The topological polar surface area (TPSA) is 40.9 Å². The van der Waals surface area contributed by atoms with Gasteiger partial charge in [0.05, 0.1) is 5.56 Å². The Kier molecular flexibility index (Phi) is 2.99. The van der Waals surface area contributed by atoms with Crippen LogP contribution in [0.5, 0.6) is 0 Å². The highest BCUT2D eigenvalue weighted by Gasteiger charge is 2.38. The molecule has 0 amide bonds. The van der Waals surface area contributed by atoms with Crippen molar-refractivity contribution in [2.75, 3.05) is 0 Å². The molecule has 0 bridgehead atoms. The van der Waals surface area contributed by atoms with Crippen LogP contribution < -0.4 is 0 Å². The molecule has 0 saturated heterocycles. The van der Waals surface area contributed by atoms with Crippen LogP contribution in [0.4, 0.5) is 17.6 Å². The van der Waals surface area contributed by atoms with Crippen molar-refractivity contribution in [2.45, 2.75) is 13.1 Å². The average molecular weight is 231 g/mol. The Balaban J connectivity index is 3.64. The van der Waals surface area contributed by atoms with Crippen LogP contribution in [0, 0.1) is 17.1 Å². The second-order valence-electron chi connectivity index (χ2n) is 3.02. The summed E-state index contributed by atoms with van der Waals surface area (Å²) in [4.78, 5) is 10.9. The van der Waals surface area contributed by atoms with Crippen LogP contribution in [0.2, 0.25) is 0 Å². The normalized spacial score (nSPS) is 11.0. The summed E-state index contributed by atoms with van der Waals surface area (Å²) in [6, 6.07) is 2.93. The number of Topliss-reactive ketones (excluding diaryl/α,β-unsaturated/α-hetero) is 1. The van der Waals surface area contributed by atoms with E-state index < -0.39 is 34.5 Å². The molecule has 16 heavy (non-hydrogen) atoms. The zero-order chi connectivity index (χ0) is 12.5.